The first-order chi connectivity index (χ1) is 15.4. The van der Waals surface area contributed by atoms with Gasteiger partial charge in [-0.05, 0) is 31.8 Å². The van der Waals surface area contributed by atoms with Gasteiger partial charge in [0.15, 0.2) is 11.5 Å². The molecular weight excluding hydrogens is 410 g/mol. The number of benzene rings is 2. The molecular formula is C23H25N5O4. The van der Waals surface area contributed by atoms with Crippen LogP contribution < -0.4 is 16.0 Å². The Bertz CT molecular complexity index is 1080. The molecule has 0 saturated carbocycles. The number of nitrogens with zero attached hydrogens (tertiary/aromatic N) is 2. The minimum absolute atomic E-state index is 0.0952. The second-order valence-electron chi connectivity index (χ2n) is 7.39. The fraction of sp³-hybridized carbons (Fsp3) is 0.217. The van der Waals surface area contributed by atoms with Crippen molar-refractivity contribution in [1.29, 1.82) is 0 Å². The highest BCUT2D eigenvalue weighted by molar-refractivity contribution is 5.95. The van der Waals surface area contributed by atoms with Crippen molar-refractivity contribution in [2.24, 2.45) is 0 Å². The van der Waals surface area contributed by atoms with Crippen LogP contribution in [0, 0.1) is 0 Å². The molecule has 3 rings (SSSR count). The lowest BCUT2D eigenvalue weighted by Crippen LogP contribution is -2.36. The maximum atomic E-state index is 12.2. The molecule has 32 heavy (non-hydrogen) atoms. The summed E-state index contributed by atoms with van der Waals surface area (Å²) in [6, 6.07) is 18.0. The van der Waals surface area contributed by atoms with E-state index in [9.17, 15) is 14.4 Å². The van der Waals surface area contributed by atoms with Crippen LogP contribution in [-0.2, 0) is 16.1 Å². The van der Waals surface area contributed by atoms with Gasteiger partial charge in [-0.25, -0.2) is 0 Å². The smallest absolute Gasteiger partial charge is 0.273 e. The first kappa shape index (κ1) is 22.7. The molecule has 3 N–H and O–H groups in total. The zero-order valence-electron chi connectivity index (χ0n) is 17.9. The predicted octanol–water partition coefficient (Wildman–Crippen LogP) is 1.89. The van der Waals surface area contributed by atoms with Crippen molar-refractivity contribution in [2.75, 3.05) is 32.5 Å². The van der Waals surface area contributed by atoms with E-state index in [2.05, 4.69) is 21.1 Å². The summed E-state index contributed by atoms with van der Waals surface area (Å²) in [5.74, 6) is -0.510. The summed E-state index contributed by atoms with van der Waals surface area (Å²) in [5, 5.41) is 11.8. The van der Waals surface area contributed by atoms with E-state index < -0.39 is 5.91 Å². The standard InChI is InChI=1S/C23H25N5O4/c1-28(2)15-22(30)26-18-10-6-7-16(11-18)13-24-21(29)14-25-23(31)19-12-20(32-27-19)17-8-4-3-5-9-17/h3-12H,13-15H2,1-2H3,(H,24,29)(H,25,31)(H,26,30). The van der Waals surface area contributed by atoms with Crippen LogP contribution >= 0.6 is 0 Å². The summed E-state index contributed by atoms with van der Waals surface area (Å²) in [6.45, 7) is 0.332. The Morgan fingerprint density at radius 2 is 1.72 bits per heavy atom. The number of aromatic nitrogens is 1. The van der Waals surface area contributed by atoms with Crippen molar-refractivity contribution in [3.63, 3.8) is 0 Å². The largest absolute Gasteiger partial charge is 0.355 e. The van der Waals surface area contributed by atoms with Gasteiger partial charge in [0.1, 0.15) is 0 Å². The molecule has 0 aliphatic carbocycles. The molecule has 0 unspecified atom stereocenters. The van der Waals surface area contributed by atoms with Gasteiger partial charge in [0, 0.05) is 23.9 Å². The molecule has 9 nitrogen and oxygen atoms in total. The number of carbonyl (C=O) groups excluding carboxylic acids is 3. The minimum Gasteiger partial charge on any atom is -0.355 e. The van der Waals surface area contributed by atoms with E-state index in [4.69, 9.17) is 4.52 Å². The Balaban J connectivity index is 1.45. The number of amides is 3. The molecule has 3 amide bonds. The minimum atomic E-state index is -0.503. The normalized spacial score (nSPS) is 10.6. The van der Waals surface area contributed by atoms with Crippen LogP contribution in [-0.4, -0.2) is 55.0 Å². The molecule has 0 spiro atoms. The van der Waals surface area contributed by atoms with Crippen molar-refractivity contribution in [2.45, 2.75) is 6.54 Å². The number of nitrogens with one attached hydrogen (secondary N) is 3. The van der Waals surface area contributed by atoms with Crippen LogP contribution in [0.15, 0.2) is 65.2 Å². The summed E-state index contributed by atoms with van der Waals surface area (Å²) in [7, 11) is 3.63. The van der Waals surface area contributed by atoms with Crippen molar-refractivity contribution in [3.05, 3.63) is 71.9 Å². The molecule has 3 aromatic rings. The summed E-state index contributed by atoms with van der Waals surface area (Å²) in [5.41, 5.74) is 2.36. The van der Waals surface area contributed by atoms with Crippen molar-refractivity contribution >= 4 is 23.4 Å². The van der Waals surface area contributed by atoms with E-state index in [-0.39, 0.29) is 37.1 Å². The van der Waals surface area contributed by atoms with Gasteiger partial charge < -0.3 is 25.4 Å². The summed E-state index contributed by atoms with van der Waals surface area (Å²) in [6.07, 6.45) is 0. The number of likely N-dealkylation sites (N-methyl/N-ethyl adjacent to an activating group) is 1. The Morgan fingerprint density at radius 1 is 0.938 bits per heavy atom. The summed E-state index contributed by atoms with van der Waals surface area (Å²) in [4.78, 5) is 38.0. The van der Waals surface area contributed by atoms with Gasteiger partial charge in [-0.3, -0.25) is 14.4 Å². The van der Waals surface area contributed by atoms with Gasteiger partial charge in [-0.1, -0.05) is 47.6 Å². The molecule has 0 aliphatic rings. The maximum Gasteiger partial charge on any atom is 0.273 e. The van der Waals surface area contributed by atoms with E-state index in [1.54, 1.807) is 23.1 Å². The first-order valence-electron chi connectivity index (χ1n) is 10.0. The van der Waals surface area contributed by atoms with Gasteiger partial charge in [0.05, 0.1) is 13.1 Å². The monoisotopic (exact) mass is 435 g/mol. The van der Waals surface area contributed by atoms with Crippen LogP contribution in [0.3, 0.4) is 0 Å². The topological polar surface area (TPSA) is 117 Å². The molecule has 1 heterocycles. The molecule has 0 saturated heterocycles. The van der Waals surface area contributed by atoms with Crippen LogP contribution in [0.2, 0.25) is 0 Å². The Hall–Kier alpha value is -3.98. The van der Waals surface area contributed by atoms with Crippen LogP contribution in [0.25, 0.3) is 11.3 Å². The number of carbonyl (C=O) groups is 3. The maximum absolute atomic E-state index is 12.2. The molecule has 0 bridgehead atoms. The lowest BCUT2D eigenvalue weighted by molar-refractivity contribution is -0.120. The third-order valence-electron chi connectivity index (χ3n) is 4.37. The van der Waals surface area contributed by atoms with E-state index in [0.29, 0.717) is 11.4 Å². The van der Waals surface area contributed by atoms with Gasteiger partial charge in [0.2, 0.25) is 11.8 Å². The van der Waals surface area contributed by atoms with Crippen LogP contribution in [0.4, 0.5) is 5.69 Å². The Kier molecular flexibility index (Phi) is 7.71. The van der Waals surface area contributed by atoms with E-state index in [1.165, 1.54) is 6.07 Å². The van der Waals surface area contributed by atoms with E-state index >= 15 is 0 Å². The van der Waals surface area contributed by atoms with Gasteiger partial charge in [-0.2, -0.15) is 0 Å². The quantitative estimate of drug-likeness (QED) is 0.473. The van der Waals surface area contributed by atoms with Crippen molar-refractivity contribution < 1.29 is 18.9 Å². The zero-order valence-corrected chi connectivity index (χ0v) is 17.9. The second-order valence-corrected chi connectivity index (χ2v) is 7.39. The molecule has 0 aliphatic heterocycles. The van der Waals surface area contributed by atoms with Gasteiger partial charge in [0.25, 0.3) is 5.91 Å². The third kappa shape index (κ3) is 6.78. The van der Waals surface area contributed by atoms with E-state index in [1.807, 2.05) is 50.5 Å². The highest BCUT2D eigenvalue weighted by atomic mass is 16.5. The number of rotatable bonds is 9. The highest BCUT2D eigenvalue weighted by Crippen LogP contribution is 2.19. The van der Waals surface area contributed by atoms with Gasteiger partial charge >= 0.3 is 0 Å². The number of anilines is 1. The number of hydrogen-bond acceptors (Lipinski definition) is 6. The molecule has 166 valence electrons. The summed E-state index contributed by atoms with van der Waals surface area (Å²) < 4.78 is 5.20. The fourth-order valence-electron chi connectivity index (χ4n) is 2.88. The first-order valence-corrected chi connectivity index (χ1v) is 10.0. The Labute approximate surface area is 185 Å². The zero-order chi connectivity index (χ0) is 22.9. The lowest BCUT2D eigenvalue weighted by atomic mass is 10.1. The summed E-state index contributed by atoms with van der Waals surface area (Å²) >= 11 is 0. The van der Waals surface area contributed by atoms with Gasteiger partial charge in [-0.15, -0.1) is 0 Å². The molecule has 9 heteroatoms. The highest BCUT2D eigenvalue weighted by Gasteiger charge is 2.14. The molecule has 2 aromatic carbocycles. The average molecular weight is 435 g/mol. The fourth-order valence-corrected chi connectivity index (χ4v) is 2.88. The molecule has 0 radical (unpaired) electrons. The molecule has 1 aromatic heterocycles. The predicted molar refractivity (Wildman–Crippen MR) is 120 cm³/mol. The van der Waals surface area contributed by atoms with Crippen LogP contribution in [0.5, 0.6) is 0 Å². The SMILES string of the molecule is CN(C)CC(=O)Nc1cccc(CNC(=O)CNC(=O)c2cc(-c3ccccc3)on2)c1. The third-order valence-corrected chi connectivity index (χ3v) is 4.37. The second kappa shape index (κ2) is 10.9. The number of hydrogen-bond donors (Lipinski definition) is 3. The molecule has 0 atom stereocenters. The van der Waals surface area contributed by atoms with Crippen LogP contribution in [0.1, 0.15) is 16.1 Å². The van der Waals surface area contributed by atoms with Crippen molar-refractivity contribution in [1.82, 2.24) is 20.7 Å². The van der Waals surface area contributed by atoms with Crippen molar-refractivity contribution in [3.8, 4) is 11.3 Å². The van der Waals surface area contributed by atoms with E-state index in [0.717, 1.165) is 11.1 Å². The molecule has 0 fully saturated rings. The average Bonchev–Trinajstić information content (AvgIpc) is 3.27. The Morgan fingerprint density at radius 3 is 2.47 bits per heavy atom. The lowest BCUT2D eigenvalue weighted by Gasteiger charge is -2.11.